The van der Waals surface area contributed by atoms with Gasteiger partial charge in [0.2, 0.25) is 5.88 Å². The van der Waals surface area contributed by atoms with Crippen LogP contribution in [-0.2, 0) is 4.79 Å². The molecule has 7 nitrogen and oxygen atoms in total. The first kappa shape index (κ1) is 18.8. The van der Waals surface area contributed by atoms with Gasteiger partial charge in [0.15, 0.2) is 6.61 Å². The van der Waals surface area contributed by atoms with Crippen LogP contribution < -0.4 is 15.4 Å². The summed E-state index contributed by atoms with van der Waals surface area (Å²) in [6, 6.07) is 5.03. The van der Waals surface area contributed by atoms with E-state index in [0.717, 1.165) is 31.8 Å². The summed E-state index contributed by atoms with van der Waals surface area (Å²) in [4.78, 5) is 34.3. The average Bonchev–Trinajstić information content (AvgIpc) is 2.90. The fourth-order valence-electron chi connectivity index (χ4n) is 2.66. The highest BCUT2D eigenvalue weighted by atomic mass is 32.1. The molecule has 0 aliphatic rings. The lowest BCUT2D eigenvalue weighted by Gasteiger charge is -2.10. The molecule has 0 saturated heterocycles. The number of ether oxygens (including phenoxy) is 1. The van der Waals surface area contributed by atoms with Crippen LogP contribution in [0.4, 0.5) is 10.5 Å². The molecule has 3 rings (SSSR count). The summed E-state index contributed by atoms with van der Waals surface area (Å²) in [6.07, 6.45) is 1.40. The number of urea groups is 1. The molecule has 0 radical (unpaired) electrons. The minimum Gasteiger partial charge on any atom is -0.467 e. The molecule has 0 fully saturated rings. The predicted octanol–water partition coefficient (Wildman–Crippen LogP) is 3.65. The molecule has 3 aromatic rings. The van der Waals surface area contributed by atoms with E-state index in [-0.39, 0.29) is 6.61 Å². The zero-order valence-corrected chi connectivity index (χ0v) is 16.4. The third-order valence-electron chi connectivity index (χ3n) is 4.15. The van der Waals surface area contributed by atoms with Gasteiger partial charge in [-0.15, -0.1) is 11.3 Å². The lowest BCUT2D eigenvalue weighted by molar-refractivity contribution is -0.121. The number of anilines is 1. The van der Waals surface area contributed by atoms with E-state index >= 15 is 0 Å². The molecule has 0 aliphatic heterocycles. The zero-order valence-electron chi connectivity index (χ0n) is 15.5. The Bertz CT molecular complexity index is 1030. The number of amides is 3. The van der Waals surface area contributed by atoms with Crippen molar-refractivity contribution in [2.24, 2.45) is 0 Å². The van der Waals surface area contributed by atoms with Crippen molar-refractivity contribution in [2.45, 2.75) is 27.7 Å². The minimum atomic E-state index is -0.606. The number of aryl methyl sites for hydroxylation is 4. The van der Waals surface area contributed by atoms with Crippen LogP contribution in [0, 0.1) is 27.7 Å². The van der Waals surface area contributed by atoms with Gasteiger partial charge in [0.25, 0.3) is 5.91 Å². The molecule has 0 saturated carbocycles. The minimum absolute atomic E-state index is 0.319. The van der Waals surface area contributed by atoms with Gasteiger partial charge in [0.05, 0.1) is 5.39 Å². The average molecular weight is 384 g/mol. The van der Waals surface area contributed by atoms with Crippen molar-refractivity contribution in [3.05, 3.63) is 46.1 Å². The van der Waals surface area contributed by atoms with E-state index in [1.54, 1.807) is 17.4 Å². The van der Waals surface area contributed by atoms with Crippen LogP contribution in [0.2, 0.25) is 0 Å². The smallest absolute Gasteiger partial charge is 0.325 e. The molecule has 2 heterocycles. The maximum atomic E-state index is 12.0. The first-order valence-electron chi connectivity index (χ1n) is 8.36. The highest BCUT2D eigenvalue weighted by Gasteiger charge is 2.15. The Morgan fingerprint density at radius 2 is 1.93 bits per heavy atom. The second-order valence-electron chi connectivity index (χ2n) is 6.25. The van der Waals surface area contributed by atoms with Crippen LogP contribution in [0.15, 0.2) is 24.5 Å². The Balaban J connectivity index is 1.61. The molecule has 140 valence electrons. The summed E-state index contributed by atoms with van der Waals surface area (Å²) in [5, 5.41) is 5.71. The molecule has 27 heavy (non-hydrogen) atoms. The van der Waals surface area contributed by atoms with E-state index < -0.39 is 11.9 Å². The normalized spacial score (nSPS) is 10.7. The van der Waals surface area contributed by atoms with E-state index in [4.69, 9.17) is 4.74 Å². The van der Waals surface area contributed by atoms with Gasteiger partial charge in [0.1, 0.15) is 11.2 Å². The fourth-order valence-corrected chi connectivity index (χ4v) is 3.65. The largest absolute Gasteiger partial charge is 0.467 e. The van der Waals surface area contributed by atoms with E-state index in [1.165, 1.54) is 6.33 Å². The molecule has 8 heteroatoms. The highest BCUT2D eigenvalue weighted by molar-refractivity contribution is 7.18. The standard InChI is InChI=1S/C19H20N4O3S/c1-10-5-6-14(11(2)7-10)22-19(25)23-15(24)8-26-17-16-12(3)13(4)27-18(16)21-9-20-17/h5-7,9H,8H2,1-4H3,(H2,22,23,24,25). The second kappa shape index (κ2) is 7.71. The van der Waals surface area contributed by atoms with Crippen molar-refractivity contribution in [1.29, 1.82) is 0 Å². The summed E-state index contributed by atoms with van der Waals surface area (Å²) in [7, 11) is 0. The van der Waals surface area contributed by atoms with Crippen molar-refractivity contribution in [2.75, 3.05) is 11.9 Å². The molecule has 2 aromatic heterocycles. The summed E-state index contributed by atoms with van der Waals surface area (Å²) >= 11 is 1.55. The van der Waals surface area contributed by atoms with Crippen molar-refractivity contribution in [3.8, 4) is 5.88 Å². The number of imide groups is 1. The van der Waals surface area contributed by atoms with E-state index in [2.05, 4.69) is 20.6 Å². The maximum absolute atomic E-state index is 12.0. The number of benzene rings is 1. The molecule has 0 unspecified atom stereocenters. The third-order valence-corrected chi connectivity index (χ3v) is 5.27. The lowest BCUT2D eigenvalue weighted by atomic mass is 10.1. The Morgan fingerprint density at radius 3 is 2.67 bits per heavy atom. The first-order valence-corrected chi connectivity index (χ1v) is 9.18. The number of rotatable bonds is 4. The van der Waals surface area contributed by atoms with Crippen LogP contribution >= 0.6 is 11.3 Å². The number of hydrogen-bond acceptors (Lipinski definition) is 6. The van der Waals surface area contributed by atoms with Gasteiger partial charge in [-0.05, 0) is 44.9 Å². The molecule has 0 bridgehead atoms. The number of thiophene rings is 1. The van der Waals surface area contributed by atoms with Crippen LogP contribution in [0.3, 0.4) is 0 Å². The number of fused-ring (bicyclic) bond motifs is 1. The SMILES string of the molecule is Cc1ccc(NC(=O)NC(=O)COc2ncnc3sc(C)c(C)c23)c(C)c1. The van der Waals surface area contributed by atoms with Crippen molar-refractivity contribution in [3.63, 3.8) is 0 Å². The van der Waals surface area contributed by atoms with Crippen LogP contribution in [0.25, 0.3) is 10.2 Å². The molecular formula is C19H20N4O3S. The first-order chi connectivity index (χ1) is 12.8. The molecule has 1 aromatic carbocycles. The zero-order chi connectivity index (χ0) is 19.6. The summed E-state index contributed by atoms with van der Waals surface area (Å²) in [5.41, 5.74) is 3.69. The second-order valence-corrected chi connectivity index (χ2v) is 7.45. The van der Waals surface area contributed by atoms with E-state index in [9.17, 15) is 9.59 Å². The number of aromatic nitrogens is 2. The van der Waals surface area contributed by atoms with Gasteiger partial charge < -0.3 is 10.1 Å². The van der Waals surface area contributed by atoms with Crippen molar-refractivity contribution >= 4 is 39.2 Å². The fraction of sp³-hybridized carbons (Fsp3) is 0.263. The van der Waals surface area contributed by atoms with Gasteiger partial charge in [-0.2, -0.15) is 0 Å². The molecule has 0 atom stereocenters. The molecule has 0 aliphatic carbocycles. The highest BCUT2D eigenvalue weighted by Crippen LogP contribution is 2.33. The Morgan fingerprint density at radius 1 is 1.15 bits per heavy atom. The van der Waals surface area contributed by atoms with Gasteiger partial charge >= 0.3 is 6.03 Å². The monoisotopic (exact) mass is 384 g/mol. The van der Waals surface area contributed by atoms with Gasteiger partial charge in [-0.1, -0.05) is 17.7 Å². The van der Waals surface area contributed by atoms with Crippen LogP contribution in [0.5, 0.6) is 5.88 Å². The molecule has 0 spiro atoms. The van der Waals surface area contributed by atoms with Crippen molar-refractivity contribution < 1.29 is 14.3 Å². The third kappa shape index (κ3) is 4.22. The van der Waals surface area contributed by atoms with Gasteiger partial charge in [-0.3, -0.25) is 10.1 Å². The maximum Gasteiger partial charge on any atom is 0.325 e. The summed E-state index contributed by atoms with van der Waals surface area (Å²) in [6.45, 7) is 7.50. The summed E-state index contributed by atoms with van der Waals surface area (Å²) in [5.74, 6) is -0.222. The topological polar surface area (TPSA) is 93.2 Å². The molecule has 3 amide bonds. The number of nitrogens with zero attached hydrogens (tertiary/aromatic N) is 2. The summed E-state index contributed by atoms with van der Waals surface area (Å²) < 4.78 is 5.53. The van der Waals surface area contributed by atoms with Gasteiger partial charge in [0, 0.05) is 10.6 Å². The van der Waals surface area contributed by atoms with Crippen LogP contribution in [0.1, 0.15) is 21.6 Å². The number of nitrogens with one attached hydrogen (secondary N) is 2. The van der Waals surface area contributed by atoms with Crippen molar-refractivity contribution in [1.82, 2.24) is 15.3 Å². The lowest BCUT2D eigenvalue weighted by Crippen LogP contribution is -2.37. The van der Waals surface area contributed by atoms with E-state index in [1.807, 2.05) is 39.8 Å². The number of hydrogen-bond donors (Lipinski definition) is 2. The predicted molar refractivity (Wildman–Crippen MR) is 105 cm³/mol. The van der Waals surface area contributed by atoms with Gasteiger partial charge in [-0.25, -0.2) is 14.8 Å². The van der Waals surface area contributed by atoms with E-state index in [0.29, 0.717) is 11.6 Å². The van der Waals surface area contributed by atoms with Crippen LogP contribution in [-0.4, -0.2) is 28.5 Å². The Kier molecular flexibility index (Phi) is 5.36. The number of carbonyl (C=O) groups excluding carboxylic acids is 2. The Labute approximate surface area is 160 Å². The quantitative estimate of drug-likeness (QED) is 0.716. The molecule has 2 N–H and O–H groups in total. The molecular weight excluding hydrogens is 364 g/mol. The number of carbonyl (C=O) groups is 2. The Hall–Kier alpha value is -3.00.